The quantitative estimate of drug-likeness (QED) is 0.731. The molecule has 0 saturated heterocycles. The minimum Gasteiger partial charge on any atom is -0.379 e. The van der Waals surface area contributed by atoms with E-state index in [1.54, 1.807) is 11.9 Å². The first-order valence-corrected chi connectivity index (χ1v) is 7.29. The Balaban J connectivity index is 1.68. The summed E-state index contributed by atoms with van der Waals surface area (Å²) in [6, 6.07) is 9.38. The maximum absolute atomic E-state index is 12.1. The Morgan fingerprint density at radius 3 is 2.75 bits per heavy atom. The molecule has 1 unspecified atom stereocenters. The third-order valence-electron chi connectivity index (χ3n) is 3.61. The Labute approximate surface area is 120 Å². The van der Waals surface area contributed by atoms with Gasteiger partial charge in [-0.2, -0.15) is 0 Å². The number of hydrogen-bond donors (Lipinski definition) is 1. The highest BCUT2D eigenvalue weighted by atomic mass is 16.5. The Hall–Kier alpha value is -1.39. The van der Waals surface area contributed by atoms with Crippen LogP contribution in [0.15, 0.2) is 30.3 Å². The summed E-state index contributed by atoms with van der Waals surface area (Å²) in [6.45, 7) is 2.03. The third kappa shape index (κ3) is 4.94. The van der Waals surface area contributed by atoms with Gasteiger partial charge in [-0.1, -0.05) is 30.3 Å². The molecule has 1 aliphatic rings. The number of carbonyl (C=O) groups excluding carboxylic acids is 1. The molecule has 1 fully saturated rings. The van der Waals surface area contributed by atoms with Crippen molar-refractivity contribution in [1.82, 2.24) is 4.90 Å². The predicted octanol–water partition coefficient (Wildman–Crippen LogP) is 1.44. The molecule has 1 aliphatic carbocycles. The zero-order chi connectivity index (χ0) is 14.4. The summed E-state index contributed by atoms with van der Waals surface area (Å²) in [5.74, 6) is 0.736. The van der Waals surface area contributed by atoms with Crippen molar-refractivity contribution < 1.29 is 9.53 Å². The summed E-state index contributed by atoms with van der Waals surface area (Å²) in [5, 5.41) is 0. The van der Waals surface area contributed by atoms with Gasteiger partial charge in [-0.05, 0) is 30.7 Å². The van der Waals surface area contributed by atoms with Crippen LogP contribution in [0.3, 0.4) is 0 Å². The van der Waals surface area contributed by atoms with Crippen LogP contribution in [-0.2, 0) is 16.0 Å². The molecule has 2 rings (SSSR count). The first-order valence-electron chi connectivity index (χ1n) is 7.29. The van der Waals surface area contributed by atoms with Gasteiger partial charge in [-0.3, -0.25) is 4.79 Å². The van der Waals surface area contributed by atoms with Crippen molar-refractivity contribution in [3.63, 3.8) is 0 Å². The number of amides is 1. The highest BCUT2D eigenvalue weighted by molar-refractivity contribution is 5.81. The van der Waals surface area contributed by atoms with Crippen LogP contribution in [0.1, 0.15) is 18.4 Å². The lowest BCUT2D eigenvalue weighted by Gasteiger charge is -2.21. The summed E-state index contributed by atoms with van der Waals surface area (Å²) in [7, 11) is 1.79. The van der Waals surface area contributed by atoms with Crippen LogP contribution in [0.4, 0.5) is 0 Å². The highest BCUT2D eigenvalue weighted by Crippen LogP contribution is 2.28. The van der Waals surface area contributed by atoms with Crippen LogP contribution in [0.25, 0.3) is 0 Å². The van der Waals surface area contributed by atoms with Gasteiger partial charge in [-0.25, -0.2) is 0 Å². The Morgan fingerprint density at radius 1 is 1.40 bits per heavy atom. The molecule has 1 atom stereocenters. The summed E-state index contributed by atoms with van der Waals surface area (Å²) in [5.41, 5.74) is 7.07. The van der Waals surface area contributed by atoms with Crippen LogP contribution < -0.4 is 5.73 Å². The number of ether oxygens (including phenoxy) is 1. The maximum atomic E-state index is 12.1. The van der Waals surface area contributed by atoms with E-state index in [-0.39, 0.29) is 5.91 Å². The molecule has 1 saturated carbocycles. The van der Waals surface area contributed by atoms with Crippen molar-refractivity contribution in [2.45, 2.75) is 25.3 Å². The summed E-state index contributed by atoms with van der Waals surface area (Å²) in [6.07, 6.45) is 3.15. The molecule has 0 radical (unpaired) electrons. The van der Waals surface area contributed by atoms with Gasteiger partial charge in [0.1, 0.15) is 0 Å². The van der Waals surface area contributed by atoms with Crippen molar-refractivity contribution in [2.75, 3.05) is 26.8 Å². The number of rotatable bonds is 8. The Bertz CT molecular complexity index is 418. The molecule has 0 aromatic heterocycles. The largest absolute Gasteiger partial charge is 0.379 e. The van der Waals surface area contributed by atoms with Gasteiger partial charge in [0.15, 0.2) is 0 Å². The molecular formula is C16H24N2O2. The number of nitrogens with zero attached hydrogens (tertiary/aromatic N) is 1. The number of carbonyl (C=O) groups is 1. The Kier molecular flexibility index (Phi) is 5.56. The maximum Gasteiger partial charge on any atom is 0.239 e. The first-order chi connectivity index (χ1) is 9.66. The second kappa shape index (κ2) is 7.41. The van der Waals surface area contributed by atoms with E-state index in [9.17, 15) is 4.79 Å². The van der Waals surface area contributed by atoms with Gasteiger partial charge < -0.3 is 15.4 Å². The van der Waals surface area contributed by atoms with Gasteiger partial charge in [0, 0.05) is 20.2 Å². The molecule has 0 bridgehead atoms. The second-order valence-electron chi connectivity index (χ2n) is 5.57. The van der Waals surface area contributed by atoms with Crippen molar-refractivity contribution in [3.8, 4) is 0 Å². The van der Waals surface area contributed by atoms with E-state index < -0.39 is 6.04 Å². The standard InChI is InChI=1S/C16H24N2O2/c1-18(9-10-20-12-14-7-8-14)16(19)15(17)11-13-5-3-2-4-6-13/h2-6,14-15H,7-12,17H2,1H3. The van der Waals surface area contributed by atoms with E-state index in [1.807, 2.05) is 30.3 Å². The molecule has 1 aromatic carbocycles. The number of nitrogens with two attached hydrogens (primary N) is 1. The molecule has 0 heterocycles. The van der Waals surface area contributed by atoms with E-state index >= 15 is 0 Å². The monoisotopic (exact) mass is 276 g/mol. The van der Waals surface area contributed by atoms with Crippen molar-refractivity contribution in [3.05, 3.63) is 35.9 Å². The Morgan fingerprint density at radius 2 is 2.10 bits per heavy atom. The predicted molar refractivity (Wildman–Crippen MR) is 79.3 cm³/mol. The first kappa shape index (κ1) is 15.0. The number of likely N-dealkylation sites (N-methyl/N-ethyl adjacent to an activating group) is 1. The van der Waals surface area contributed by atoms with Crippen LogP contribution in [0.2, 0.25) is 0 Å². The van der Waals surface area contributed by atoms with E-state index in [1.165, 1.54) is 12.8 Å². The zero-order valence-corrected chi connectivity index (χ0v) is 12.1. The molecule has 0 spiro atoms. The molecule has 1 amide bonds. The summed E-state index contributed by atoms with van der Waals surface area (Å²) < 4.78 is 5.54. The molecule has 1 aromatic rings. The fraction of sp³-hybridized carbons (Fsp3) is 0.562. The second-order valence-corrected chi connectivity index (χ2v) is 5.57. The SMILES string of the molecule is CN(CCOCC1CC1)C(=O)C(N)Cc1ccccc1. The van der Waals surface area contributed by atoms with Crippen LogP contribution in [0.5, 0.6) is 0 Å². The van der Waals surface area contributed by atoms with E-state index in [4.69, 9.17) is 10.5 Å². The summed E-state index contributed by atoms with van der Waals surface area (Å²) >= 11 is 0. The lowest BCUT2D eigenvalue weighted by molar-refractivity contribution is -0.131. The summed E-state index contributed by atoms with van der Waals surface area (Å²) in [4.78, 5) is 13.8. The molecule has 2 N–H and O–H groups in total. The van der Waals surface area contributed by atoms with Crippen LogP contribution in [-0.4, -0.2) is 43.7 Å². The normalized spacial score (nSPS) is 15.9. The topological polar surface area (TPSA) is 55.6 Å². The number of hydrogen-bond acceptors (Lipinski definition) is 3. The smallest absolute Gasteiger partial charge is 0.239 e. The van der Waals surface area contributed by atoms with Gasteiger partial charge in [-0.15, -0.1) is 0 Å². The van der Waals surface area contributed by atoms with Crippen molar-refractivity contribution in [2.24, 2.45) is 11.7 Å². The lowest BCUT2D eigenvalue weighted by Crippen LogP contribution is -2.44. The van der Waals surface area contributed by atoms with Crippen LogP contribution in [0, 0.1) is 5.92 Å². The fourth-order valence-electron chi connectivity index (χ4n) is 2.08. The van der Waals surface area contributed by atoms with Crippen molar-refractivity contribution >= 4 is 5.91 Å². The van der Waals surface area contributed by atoms with Crippen LogP contribution >= 0.6 is 0 Å². The van der Waals surface area contributed by atoms with Gasteiger partial charge in [0.05, 0.1) is 12.6 Å². The fourth-order valence-corrected chi connectivity index (χ4v) is 2.08. The van der Waals surface area contributed by atoms with E-state index in [0.717, 1.165) is 18.1 Å². The molecule has 4 heteroatoms. The highest BCUT2D eigenvalue weighted by Gasteiger charge is 2.22. The average molecular weight is 276 g/mol. The molecule has 0 aliphatic heterocycles. The minimum absolute atomic E-state index is 0.0242. The number of benzene rings is 1. The third-order valence-corrected chi connectivity index (χ3v) is 3.61. The molecule has 110 valence electrons. The minimum atomic E-state index is -0.481. The zero-order valence-electron chi connectivity index (χ0n) is 12.1. The van der Waals surface area contributed by atoms with Gasteiger partial charge in [0.25, 0.3) is 0 Å². The molecular weight excluding hydrogens is 252 g/mol. The average Bonchev–Trinajstić information content (AvgIpc) is 3.27. The molecule has 4 nitrogen and oxygen atoms in total. The van der Waals surface area contributed by atoms with Crippen molar-refractivity contribution in [1.29, 1.82) is 0 Å². The van der Waals surface area contributed by atoms with Gasteiger partial charge >= 0.3 is 0 Å². The van der Waals surface area contributed by atoms with E-state index in [2.05, 4.69) is 0 Å². The van der Waals surface area contributed by atoms with Gasteiger partial charge in [0.2, 0.25) is 5.91 Å². The lowest BCUT2D eigenvalue weighted by atomic mass is 10.1. The molecule has 20 heavy (non-hydrogen) atoms. The van der Waals surface area contributed by atoms with E-state index in [0.29, 0.717) is 19.6 Å².